The molecule has 7 heteroatoms. The molecular formula is C23H33Cl2N5. The van der Waals surface area contributed by atoms with Gasteiger partial charge in [0.2, 0.25) is 0 Å². The lowest BCUT2D eigenvalue weighted by Gasteiger charge is -2.38. The first-order valence-electron chi connectivity index (χ1n) is 10.8. The van der Waals surface area contributed by atoms with Crippen molar-refractivity contribution in [2.75, 3.05) is 36.0 Å². The largest absolute Gasteiger partial charge is 0.368 e. The second-order valence-electron chi connectivity index (χ2n) is 8.91. The van der Waals surface area contributed by atoms with E-state index in [0.717, 1.165) is 50.7 Å². The van der Waals surface area contributed by atoms with Gasteiger partial charge in [-0.2, -0.15) is 0 Å². The van der Waals surface area contributed by atoms with Gasteiger partial charge in [-0.25, -0.2) is 9.97 Å². The minimum absolute atomic E-state index is 0. The van der Waals surface area contributed by atoms with Crippen molar-refractivity contribution in [1.29, 1.82) is 0 Å². The Morgan fingerprint density at radius 3 is 2.20 bits per heavy atom. The number of rotatable bonds is 4. The third-order valence-electron chi connectivity index (χ3n) is 6.81. The highest BCUT2D eigenvalue weighted by Gasteiger charge is 2.33. The van der Waals surface area contributed by atoms with Gasteiger partial charge in [0, 0.05) is 61.5 Å². The molecule has 0 spiro atoms. The molecule has 0 radical (unpaired) electrons. The van der Waals surface area contributed by atoms with E-state index in [1.54, 1.807) is 0 Å². The van der Waals surface area contributed by atoms with Crippen LogP contribution in [0.1, 0.15) is 60.2 Å². The van der Waals surface area contributed by atoms with Crippen molar-refractivity contribution in [1.82, 2.24) is 9.97 Å². The van der Waals surface area contributed by atoms with Crippen molar-refractivity contribution in [3.05, 3.63) is 46.9 Å². The molecule has 30 heavy (non-hydrogen) atoms. The highest BCUT2D eigenvalue weighted by molar-refractivity contribution is 5.85. The summed E-state index contributed by atoms with van der Waals surface area (Å²) in [6.07, 6.45) is 4.63. The maximum Gasteiger partial charge on any atom is 0.134 e. The Hall–Kier alpha value is -1.56. The first kappa shape index (κ1) is 23.1. The van der Waals surface area contributed by atoms with Crippen LogP contribution in [0, 0.1) is 13.8 Å². The summed E-state index contributed by atoms with van der Waals surface area (Å²) < 4.78 is 0. The van der Waals surface area contributed by atoms with Crippen LogP contribution in [0.5, 0.6) is 0 Å². The third kappa shape index (κ3) is 4.53. The molecule has 1 saturated heterocycles. The number of aromatic nitrogens is 2. The smallest absolute Gasteiger partial charge is 0.134 e. The third-order valence-corrected chi connectivity index (χ3v) is 6.81. The summed E-state index contributed by atoms with van der Waals surface area (Å²) in [5.41, 5.74) is 11.4. The standard InChI is InChI=1S/C23H31N5.2ClH/c1-15-4-3-5-21(16(15)2)27-8-10-28(11-9-27)22-14-20(18-12-19(24)13-18)25-23(26-22)17-6-7-17;;/h3-5,14,17-19H,6-13,24H2,1-2H3;2*1H. The normalized spacial score (nSPS) is 23.3. The second kappa shape index (κ2) is 9.29. The number of benzene rings is 1. The molecule has 5 rings (SSSR count). The zero-order valence-electron chi connectivity index (χ0n) is 17.9. The van der Waals surface area contributed by atoms with E-state index in [4.69, 9.17) is 15.7 Å². The number of anilines is 2. The number of nitrogens with two attached hydrogens (primary N) is 1. The van der Waals surface area contributed by atoms with E-state index >= 15 is 0 Å². The maximum absolute atomic E-state index is 6.03. The number of hydrogen-bond donors (Lipinski definition) is 1. The minimum atomic E-state index is 0. The summed E-state index contributed by atoms with van der Waals surface area (Å²) in [6, 6.07) is 9.23. The number of hydrogen-bond acceptors (Lipinski definition) is 5. The Kier molecular flexibility index (Phi) is 7.16. The van der Waals surface area contributed by atoms with Crippen molar-refractivity contribution in [3.8, 4) is 0 Å². The van der Waals surface area contributed by atoms with Crippen LogP contribution in [-0.4, -0.2) is 42.2 Å². The molecule has 3 fully saturated rings. The van der Waals surface area contributed by atoms with Crippen molar-refractivity contribution in [3.63, 3.8) is 0 Å². The van der Waals surface area contributed by atoms with E-state index in [1.807, 2.05) is 0 Å². The summed E-state index contributed by atoms with van der Waals surface area (Å²) in [6.45, 7) is 8.53. The average Bonchev–Trinajstić information content (AvgIpc) is 3.53. The van der Waals surface area contributed by atoms with Gasteiger partial charge in [-0.3, -0.25) is 0 Å². The fourth-order valence-corrected chi connectivity index (χ4v) is 4.52. The molecule has 1 aromatic carbocycles. The zero-order chi connectivity index (χ0) is 19.3. The highest BCUT2D eigenvalue weighted by atomic mass is 35.5. The topological polar surface area (TPSA) is 58.3 Å². The lowest BCUT2D eigenvalue weighted by Crippen LogP contribution is -2.47. The first-order chi connectivity index (χ1) is 13.6. The number of halogens is 2. The Labute approximate surface area is 192 Å². The molecule has 3 aliphatic rings. The quantitative estimate of drug-likeness (QED) is 0.751. The van der Waals surface area contributed by atoms with Gasteiger partial charge in [-0.05, 0) is 56.7 Å². The van der Waals surface area contributed by atoms with E-state index in [9.17, 15) is 0 Å². The fraction of sp³-hybridized carbons (Fsp3) is 0.565. The summed E-state index contributed by atoms with van der Waals surface area (Å²) in [5, 5.41) is 0. The molecule has 2 N–H and O–H groups in total. The first-order valence-corrected chi connectivity index (χ1v) is 10.8. The van der Waals surface area contributed by atoms with Crippen LogP contribution in [0.2, 0.25) is 0 Å². The van der Waals surface area contributed by atoms with Gasteiger partial charge >= 0.3 is 0 Å². The Bertz CT molecular complexity index is 872. The average molecular weight is 450 g/mol. The highest BCUT2D eigenvalue weighted by Crippen LogP contribution is 2.41. The molecule has 164 valence electrons. The molecular weight excluding hydrogens is 417 g/mol. The van der Waals surface area contributed by atoms with Crippen LogP contribution in [0.15, 0.2) is 24.3 Å². The van der Waals surface area contributed by atoms with Gasteiger partial charge in [0.25, 0.3) is 0 Å². The van der Waals surface area contributed by atoms with Crippen molar-refractivity contribution in [2.24, 2.45) is 5.73 Å². The van der Waals surface area contributed by atoms with Crippen molar-refractivity contribution < 1.29 is 0 Å². The predicted octanol–water partition coefficient (Wildman–Crippen LogP) is 4.35. The zero-order valence-corrected chi connectivity index (χ0v) is 19.5. The van der Waals surface area contributed by atoms with Crippen LogP contribution in [0.25, 0.3) is 0 Å². The van der Waals surface area contributed by atoms with Gasteiger partial charge in [-0.1, -0.05) is 12.1 Å². The Morgan fingerprint density at radius 2 is 1.57 bits per heavy atom. The lowest BCUT2D eigenvalue weighted by molar-refractivity contribution is 0.344. The molecule has 2 heterocycles. The second-order valence-corrected chi connectivity index (χ2v) is 8.91. The van der Waals surface area contributed by atoms with E-state index in [2.05, 4.69) is 47.9 Å². The van der Waals surface area contributed by atoms with Crippen LogP contribution < -0.4 is 15.5 Å². The summed E-state index contributed by atoms with van der Waals surface area (Å²) >= 11 is 0. The molecule has 2 aromatic rings. The molecule has 1 aliphatic heterocycles. The van der Waals surface area contributed by atoms with Gasteiger partial charge in [0.05, 0.1) is 0 Å². The van der Waals surface area contributed by atoms with E-state index in [0.29, 0.717) is 17.9 Å². The summed E-state index contributed by atoms with van der Waals surface area (Å²) in [5.74, 6) is 3.33. The lowest BCUT2D eigenvalue weighted by atomic mass is 9.78. The molecule has 0 amide bonds. The summed E-state index contributed by atoms with van der Waals surface area (Å²) in [7, 11) is 0. The van der Waals surface area contributed by atoms with Crippen LogP contribution >= 0.6 is 24.8 Å². The minimum Gasteiger partial charge on any atom is -0.368 e. The molecule has 0 atom stereocenters. The van der Waals surface area contributed by atoms with E-state index in [-0.39, 0.29) is 24.8 Å². The molecule has 2 saturated carbocycles. The maximum atomic E-state index is 6.03. The van der Waals surface area contributed by atoms with Crippen molar-refractivity contribution >= 4 is 36.3 Å². The Morgan fingerprint density at radius 1 is 0.900 bits per heavy atom. The molecule has 5 nitrogen and oxygen atoms in total. The fourth-order valence-electron chi connectivity index (χ4n) is 4.52. The Balaban J connectivity index is 0.00000128. The predicted molar refractivity (Wildman–Crippen MR) is 129 cm³/mol. The van der Waals surface area contributed by atoms with Gasteiger partial charge in [-0.15, -0.1) is 24.8 Å². The van der Waals surface area contributed by atoms with Crippen LogP contribution in [0.3, 0.4) is 0 Å². The van der Waals surface area contributed by atoms with Crippen LogP contribution in [-0.2, 0) is 0 Å². The molecule has 0 bridgehead atoms. The van der Waals surface area contributed by atoms with Gasteiger partial charge < -0.3 is 15.5 Å². The number of piperazine rings is 1. The SMILES string of the molecule is Cc1cccc(N2CCN(c3cc(C4CC(N)C4)nc(C4CC4)n3)CC2)c1C.Cl.Cl. The van der Waals surface area contributed by atoms with E-state index < -0.39 is 0 Å². The number of aryl methyl sites for hydroxylation is 1. The van der Waals surface area contributed by atoms with Gasteiger partial charge in [0.1, 0.15) is 11.6 Å². The van der Waals surface area contributed by atoms with Crippen molar-refractivity contribution in [2.45, 2.75) is 57.4 Å². The van der Waals surface area contributed by atoms with E-state index in [1.165, 1.54) is 35.3 Å². The molecule has 0 unspecified atom stereocenters. The summed E-state index contributed by atoms with van der Waals surface area (Å²) in [4.78, 5) is 14.9. The molecule has 2 aliphatic carbocycles. The van der Waals surface area contributed by atoms with Gasteiger partial charge in [0.15, 0.2) is 0 Å². The number of nitrogens with zero attached hydrogens (tertiary/aromatic N) is 4. The molecule has 1 aromatic heterocycles. The monoisotopic (exact) mass is 449 g/mol. The van der Waals surface area contributed by atoms with Crippen LogP contribution in [0.4, 0.5) is 11.5 Å².